The maximum atomic E-state index is 12.6. The van der Waals surface area contributed by atoms with E-state index in [0.717, 1.165) is 43.3 Å². The van der Waals surface area contributed by atoms with Crippen LogP contribution in [0.15, 0.2) is 0 Å². The minimum atomic E-state index is -2.93. The van der Waals surface area contributed by atoms with Gasteiger partial charge in [-0.1, -0.05) is 12.8 Å². The zero-order chi connectivity index (χ0) is 19.9. The summed E-state index contributed by atoms with van der Waals surface area (Å²) in [5, 5.41) is 4.69. The highest BCUT2D eigenvalue weighted by Gasteiger charge is 2.33. The van der Waals surface area contributed by atoms with E-state index in [1.807, 2.05) is 23.4 Å². The largest absolute Gasteiger partial charge is 0.365 e. The van der Waals surface area contributed by atoms with Gasteiger partial charge in [-0.3, -0.25) is 9.48 Å². The number of rotatable bonds is 4. The van der Waals surface area contributed by atoms with Crippen LogP contribution in [0.1, 0.15) is 56.0 Å². The third kappa shape index (κ3) is 3.93. The smallest absolute Gasteiger partial charge is 0.222 e. The van der Waals surface area contributed by atoms with Gasteiger partial charge in [0.05, 0.1) is 34.6 Å². The van der Waals surface area contributed by atoms with Crippen LogP contribution in [0.5, 0.6) is 0 Å². The highest BCUT2D eigenvalue weighted by molar-refractivity contribution is 7.91. The summed E-state index contributed by atoms with van der Waals surface area (Å²) in [5.74, 6) is 1.35. The molecule has 156 valence electrons. The summed E-state index contributed by atoms with van der Waals surface area (Å²) in [7, 11) is -2.93. The fraction of sp³-hybridized carbons (Fsp3) is 0.800. The van der Waals surface area contributed by atoms with E-state index in [1.54, 1.807) is 0 Å². The molecule has 1 atom stereocenters. The lowest BCUT2D eigenvalue weighted by molar-refractivity contribution is -0.132. The zero-order valence-corrected chi connectivity index (χ0v) is 17.9. The molecule has 1 aromatic rings. The first kappa shape index (κ1) is 19.7. The van der Waals surface area contributed by atoms with Crippen LogP contribution in [0, 0.1) is 19.8 Å². The molecule has 3 fully saturated rings. The average Bonchev–Trinajstić information content (AvgIpc) is 3.35. The van der Waals surface area contributed by atoms with Crippen molar-refractivity contribution in [1.82, 2.24) is 14.7 Å². The van der Waals surface area contributed by atoms with E-state index in [4.69, 9.17) is 0 Å². The Labute approximate surface area is 168 Å². The van der Waals surface area contributed by atoms with E-state index in [2.05, 4.69) is 10.00 Å². The second-order valence-corrected chi connectivity index (χ2v) is 11.0. The van der Waals surface area contributed by atoms with Crippen molar-refractivity contribution < 1.29 is 13.2 Å². The SMILES string of the molecule is Cc1nn(C2CCS(=O)(=O)C2)c(C)c1N1CCN(C(=O)CC2CCCC2)CC1. The molecular formula is C20H32N4O3S. The molecule has 8 heteroatoms. The van der Waals surface area contributed by atoms with Crippen LogP contribution in [0.4, 0.5) is 5.69 Å². The summed E-state index contributed by atoms with van der Waals surface area (Å²) in [5.41, 5.74) is 3.12. The Kier molecular flexibility index (Phi) is 5.42. The van der Waals surface area contributed by atoms with Gasteiger partial charge in [-0.25, -0.2) is 8.42 Å². The number of hydrogen-bond acceptors (Lipinski definition) is 5. The summed E-state index contributed by atoms with van der Waals surface area (Å²) in [6, 6.07) is -0.0493. The van der Waals surface area contributed by atoms with Crippen LogP contribution in [0.2, 0.25) is 0 Å². The normalized spacial score (nSPS) is 25.6. The Balaban J connectivity index is 1.40. The molecule has 1 aliphatic carbocycles. The van der Waals surface area contributed by atoms with Crippen molar-refractivity contribution in [2.24, 2.45) is 5.92 Å². The van der Waals surface area contributed by atoms with Gasteiger partial charge in [-0.2, -0.15) is 5.10 Å². The van der Waals surface area contributed by atoms with Crippen molar-refractivity contribution in [3.05, 3.63) is 11.4 Å². The quantitative estimate of drug-likeness (QED) is 0.763. The standard InChI is InChI=1S/C20H32N4O3S/c1-15-20(16(2)24(21-15)18-7-12-28(26,27)14-18)23-10-8-22(9-11-23)19(25)13-17-5-3-4-6-17/h17-18H,3-14H2,1-2H3. The molecule has 3 heterocycles. The first-order valence-corrected chi connectivity index (χ1v) is 12.4. The fourth-order valence-corrected chi connectivity index (χ4v) is 6.90. The lowest BCUT2D eigenvalue weighted by Crippen LogP contribution is -2.49. The van der Waals surface area contributed by atoms with Crippen LogP contribution in [0.25, 0.3) is 0 Å². The third-order valence-corrected chi connectivity index (χ3v) is 8.48. The van der Waals surface area contributed by atoms with Gasteiger partial charge >= 0.3 is 0 Å². The minimum absolute atomic E-state index is 0.0493. The van der Waals surface area contributed by atoms with E-state index in [1.165, 1.54) is 25.7 Å². The van der Waals surface area contributed by atoms with E-state index < -0.39 is 9.84 Å². The molecular weight excluding hydrogens is 376 g/mol. The average molecular weight is 409 g/mol. The number of piperazine rings is 1. The number of nitrogens with zero attached hydrogens (tertiary/aromatic N) is 4. The number of aromatic nitrogens is 2. The first-order chi connectivity index (χ1) is 13.3. The molecule has 0 N–H and O–H groups in total. The molecule has 1 aromatic heterocycles. The molecule has 3 aliphatic rings. The van der Waals surface area contributed by atoms with Crippen LogP contribution in [-0.4, -0.2) is 66.7 Å². The summed E-state index contributed by atoms with van der Waals surface area (Å²) >= 11 is 0. The van der Waals surface area contributed by atoms with Gasteiger partial charge in [0.15, 0.2) is 9.84 Å². The number of hydrogen-bond donors (Lipinski definition) is 0. The van der Waals surface area contributed by atoms with Crippen LogP contribution in [0.3, 0.4) is 0 Å². The van der Waals surface area contributed by atoms with Gasteiger partial charge in [0.25, 0.3) is 0 Å². The Hall–Kier alpha value is -1.57. The van der Waals surface area contributed by atoms with Crippen molar-refractivity contribution in [2.75, 3.05) is 42.6 Å². The van der Waals surface area contributed by atoms with Gasteiger partial charge in [-0.15, -0.1) is 0 Å². The first-order valence-electron chi connectivity index (χ1n) is 10.6. The summed E-state index contributed by atoms with van der Waals surface area (Å²) in [6.45, 7) is 7.18. The summed E-state index contributed by atoms with van der Waals surface area (Å²) in [6.07, 6.45) is 6.33. The highest BCUT2D eigenvalue weighted by atomic mass is 32.2. The Morgan fingerprint density at radius 2 is 1.75 bits per heavy atom. The van der Waals surface area contributed by atoms with E-state index in [-0.39, 0.29) is 17.5 Å². The fourth-order valence-electron chi connectivity index (χ4n) is 5.21. The highest BCUT2D eigenvalue weighted by Crippen LogP contribution is 2.32. The molecule has 1 saturated carbocycles. The van der Waals surface area contributed by atoms with Crippen LogP contribution < -0.4 is 4.90 Å². The number of sulfone groups is 1. The number of carbonyl (C=O) groups excluding carboxylic acids is 1. The van der Waals surface area contributed by atoms with Crippen molar-refractivity contribution in [1.29, 1.82) is 0 Å². The van der Waals surface area contributed by atoms with Gasteiger partial charge < -0.3 is 9.80 Å². The van der Waals surface area contributed by atoms with E-state index in [0.29, 0.717) is 24.7 Å². The van der Waals surface area contributed by atoms with Gasteiger partial charge in [0.2, 0.25) is 5.91 Å². The lowest BCUT2D eigenvalue weighted by atomic mass is 10.0. The van der Waals surface area contributed by atoms with Crippen molar-refractivity contribution >= 4 is 21.4 Å². The molecule has 0 bridgehead atoms. The second-order valence-electron chi connectivity index (χ2n) is 8.74. The predicted octanol–water partition coefficient (Wildman–Crippen LogP) is 2.09. The molecule has 1 amide bonds. The Bertz CT molecular complexity index is 834. The maximum absolute atomic E-state index is 12.6. The van der Waals surface area contributed by atoms with Gasteiger partial charge in [0, 0.05) is 32.6 Å². The molecule has 0 aromatic carbocycles. The van der Waals surface area contributed by atoms with Gasteiger partial charge in [0.1, 0.15) is 0 Å². The molecule has 1 unspecified atom stereocenters. The van der Waals surface area contributed by atoms with Crippen molar-refractivity contribution in [3.63, 3.8) is 0 Å². The predicted molar refractivity (Wildman–Crippen MR) is 109 cm³/mol. The van der Waals surface area contributed by atoms with Crippen LogP contribution >= 0.6 is 0 Å². The number of aryl methyl sites for hydroxylation is 1. The number of carbonyl (C=O) groups is 1. The molecule has 7 nitrogen and oxygen atoms in total. The monoisotopic (exact) mass is 408 g/mol. The molecule has 0 spiro atoms. The topological polar surface area (TPSA) is 75.5 Å². The molecule has 0 radical (unpaired) electrons. The summed E-state index contributed by atoms with van der Waals surface area (Å²) < 4.78 is 25.6. The minimum Gasteiger partial charge on any atom is -0.365 e. The molecule has 2 saturated heterocycles. The third-order valence-electron chi connectivity index (χ3n) is 6.73. The molecule has 4 rings (SSSR count). The van der Waals surface area contributed by atoms with Crippen molar-refractivity contribution in [2.45, 2.75) is 58.4 Å². The van der Waals surface area contributed by atoms with Crippen LogP contribution in [-0.2, 0) is 14.6 Å². The Morgan fingerprint density at radius 1 is 1.07 bits per heavy atom. The number of amides is 1. The molecule has 2 aliphatic heterocycles. The second kappa shape index (κ2) is 7.69. The lowest BCUT2D eigenvalue weighted by Gasteiger charge is -2.36. The summed E-state index contributed by atoms with van der Waals surface area (Å²) in [4.78, 5) is 16.9. The van der Waals surface area contributed by atoms with E-state index >= 15 is 0 Å². The zero-order valence-electron chi connectivity index (χ0n) is 17.1. The number of anilines is 1. The maximum Gasteiger partial charge on any atom is 0.222 e. The van der Waals surface area contributed by atoms with E-state index in [9.17, 15) is 13.2 Å². The molecule has 28 heavy (non-hydrogen) atoms. The van der Waals surface area contributed by atoms with Crippen molar-refractivity contribution in [3.8, 4) is 0 Å². The van der Waals surface area contributed by atoms with Gasteiger partial charge in [-0.05, 0) is 39.0 Å². The Morgan fingerprint density at radius 3 is 2.36 bits per heavy atom.